The third-order valence-corrected chi connectivity index (χ3v) is 4.07. The van der Waals surface area contributed by atoms with Crippen LogP contribution in [0.5, 0.6) is 0 Å². The number of hydrogen-bond acceptors (Lipinski definition) is 2. The number of nitrogens with one attached hydrogen (secondary N) is 2. The Balaban J connectivity index is 2.50. The second kappa shape index (κ2) is 9.11. The third kappa shape index (κ3) is 5.16. The molecule has 0 fully saturated rings. The van der Waals surface area contributed by atoms with Gasteiger partial charge in [0.15, 0.2) is 23.3 Å². The normalized spacial score (nSPS) is 11.9. The summed E-state index contributed by atoms with van der Waals surface area (Å²) >= 11 is 0. The van der Waals surface area contributed by atoms with E-state index in [4.69, 9.17) is 0 Å². The number of anilines is 1. The van der Waals surface area contributed by atoms with Crippen LogP contribution in [0.15, 0.2) is 29.8 Å². The summed E-state index contributed by atoms with van der Waals surface area (Å²) < 4.78 is 58.4. The monoisotopic (exact) mass is 408 g/mol. The van der Waals surface area contributed by atoms with Gasteiger partial charge in [0.2, 0.25) is 5.91 Å². The molecular formula is C22H24F4N2O. The van der Waals surface area contributed by atoms with E-state index in [2.05, 4.69) is 10.6 Å². The predicted molar refractivity (Wildman–Crippen MR) is 107 cm³/mol. The summed E-state index contributed by atoms with van der Waals surface area (Å²) in [6.07, 6.45) is 0.800. The average Bonchev–Trinajstić information content (AvgIpc) is 2.64. The summed E-state index contributed by atoms with van der Waals surface area (Å²) in [6, 6.07) is 5.83. The van der Waals surface area contributed by atoms with Crippen molar-refractivity contribution in [2.45, 2.75) is 46.7 Å². The topological polar surface area (TPSA) is 41.1 Å². The van der Waals surface area contributed by atoms with Crippen LogP contribution in [-0.4, -0.2) is 18.0 Å². The summed E-state index contributed by atoms with van der Waals surface area (Å²) in [5.41, 5.74) is -1.10. The Morgan fingerprint density at radius 1 is 0.862 bits per heavy atom. The largest absolute Gasteiger partial charge is 0.383 e. The van der Waals surface area contributed by atoms with Gasteiger partial charge in [-0.05, 0) is 58.4 Å². The maximum absolute atomic E-state index is 14.6. The van der Waals surface area contributed by atoms with Gasteiger partial charge in [-0.25, -0.2) is 17.6 Å². The molecule has 0 spiro atoms. The van der Waals surface area contributed by atoms with E-state index in [0.29, 0.717) is 5.69 Å². The molecule has 0 bridgehead atoms. The number of hydrogen-bond donors (Lipinski definition) is 2. The molecule has 0 aromatic heterocycles. The molecule has 0 aliphatic rings. The zero-order valence-electron chi connectivity index (χ0n) is 17.0. The maximum Gasteiger partial charge on any atom is 0.247 e. The number of halogens is 4. The summed E-state index contributed by atoms with van der Waals surface area (Å²) in [7, 11) is 0. The van der Waals surface area contributed by atoms with Gasteiger partial charge in [-0.15, -0.1) is 0 Å². The highest BCUT2D eigenvalue weighted by Crippen LogP contribution is 2.33. The smallest absolute Gasteiger partial charge is 0.247 e. The quantitative estimate of drug-likeness (QED) is 0.368. The number of carbonyl (C=O) groups excluding carboxylic acids is 1. The van der Waals surface area contributed by atoms with Crippen LogP contribution >= 0.6 is 0 Å². The van der Waals surface area contributed by atoms with Crippen LogP contribution in [-0.2, 0) is 4.79 Å². The van der Waals surface area contributed by atoms with Crippen molar-refractivity contribution in [3.63, 3.8) is 0 Å². The van der Waals surface area contributed by atoms with E-state index >= 15 is 0 Å². The molecule has 0 saturated heterocycles. The first-order valence-corrected chi connectivity index (χ1v) is 9.25. The lowest BCUT2D eigenvalue weighted by Crippen LogP contribution is -2.30. The van der Waals surface area contributed by atoms with Crippen molar-refractivity contribution in [3.05, 3.63) is 58.7 Å². The summed E-state index contributed by atoms with van der Waals surface area (Å²) in [5.74, 6) is -6.73. The minimum atomic E-state index is -1.56. The Morgan fingerprint density at radius 2 is 1.38 bits per heavy atom. The fourth-order valence-electron chi connectivity index (χ4n) is 2.75. The molecule has 0 aliphatic heterocycles. The SMILES string of the molecule is CC(=Cc1c(F)c(F)c(-c2ccc(NC(C)C)cc2)c(F)c1F)C(=O)NC(C)C. The highest BCUT2D eigenvalue weighted by molar-refractivity contribution is 5.97. The van der Waals surface area contributed by atoms with Gasteiger partial charge in [0.25, 0.3) is 0 Å². The van der Waals surface area contributed by atoms with Crippen LogP contribution in [0, 0.1) is 23.3 Å². The second-order valence-electron chi connectivity index (χ2n) is 7.38. The van der Waals surface area contributed by atoms with E-state index in [1.165, 1.54) is 19.1 Å². The lowest BCUT2D eigenvalue weighted by molar-refractivity contribution is -0.117. The van der Waals surface area contributed by atoms with Crippen molar-refractivity contribution >= 4 is 17.7 Å². The average molecular weight is 408 g/mol. The van der Waals surface area contributed by atoms with Crippen LogP contribution in [0.4, 0.5) is 23.2 Å². The Morgan fingerprint density at radius 3 is 1.83 bits per heavy atom. The van der Waals surface area contributed by atoms with Gasteiger partial charge < -0.3 is 10.6 Å². The molecule has 0 unspecified atom stereocenters. The molecule has 0 atom stereocenters. The van der Waals surface area contributed by atoms with Gasteiger partial charge in [0.05, 0.1) is 11.1 Å². The van der Waals surface area contributed by atoms with Crippen LogP contribution in [0.1, 0.15) is 40.2 Å². The van der Waals surface area contributed by atoms with Crippen LogP contribution in [0.3, 0.4) is 0 Å². The lowest BCUT2D eigenvalue weighted by atomic mass is 9.99. The van der Waals surface area contributed by atoms with Crippen molar-refractivity contribution in [1.82, 2.24) is 5.32 Å². The summed E-state index contributed by atoms with van der Waals surface area (Å²) in [5, 5.41) is 5.65. The summed E-state index contributed by atoms with van der Waals surface area (Å²) in [6.45, 7) is 8.58. The molecule has 0 aliphatic carbocycles. The first-order valence-electron chi connectivity index (χ1n) is 9.25. The molecule has 29 heavy (non-hydrogen) atoms. The van der Waals surface area contributed by atoms with Crippen molar-refractivity contribution in [2.75, 3.05) is 5.32 Å². The fraction of sp³-hybridized carbons (Fsp3) is 0.318. The Bertz CT molecular complexity index is 906. The molecule has 0 saturated carbocycles. The molecule has 2 N–H and O–H groups in total. The number of benzene rings is 2. The standard InChI is InChI=1S/C22H24F4N2O/c1-11(2)27-15-8-6-14(7-9-15)17-20(25)18(23)16(19(24)21(17)26)10-13(5)22(29)28-12(3)4/h6-12,27H,1-5H3,(H,28,29). The van der Waals surface area contributed by atoms with Gasteiger partial charge in [0.1, 0.15) is 0 Å². The van der Waals surface area contributed by atoms with Crippen molar-refractivity contribution in [3.8, 4) is 11.1 Å². The lowest BCUT2D eigenvalue weighted by Gasteiger charge is -2.13. The van der Waals surface area contributed by atoms with E-state index in [-0.39, 0.29) is 23.2 Å². The molecule has 2 aromatic rings. The molecular weight excluding hydrogens is 384 g/mol. The van der Waals surface area contributed by atoms with E-state index in [0.717, 1.165) is 6.08 Å². The maximum atomic E-state index is 14.6. The zero-order chi connectivity index (χ0) is 21.9. The predicted octanol–water partition coefficient (Wildman–Crippen LogP) is 5.66. The molecule has 3 nitrogen and oxygen atoms in total. The highest BCUT2D eigenvalue weighted by Gasteiger charge is 2.26. The highest BCUT2D eigenvalue weighted by atomic mass is 19.2. The molecule has 2 rings (SSSR count). The number of carbonyl (C=O) groups is 1. The van der Waals surface area contributed by atoms with Crippen molar-refractivity contribution in [1.29, 1.82) is 0 Å². The van der Waals surface area contributed by atoms with Gasteiger partial charge >= 0.3 is 0 Å². The third-order valence-electron chi connectivity index (χ3n) is 4.07. The van der Waals surface area contributed by atoms with E-state index in [1.807, 2.05) is 13.8 Å². The Hall–Kier alpha value is -2.83. The van der Waals surface area contributed by atoms with Crippen LogP contribution in [0.25, 0.3) is 17.2 Å². The Labute approximate surface area is 167 Å². The van der Waals surface area contributed by atoms with Gasteiger partial charge in [0, 0.05) is 23.3 Å². The minimum absolute atomic E-state index is 0.00286. The molecule has 0 heterocycles. The minimum Gasteiger partial charge on any atom is -0.383 e. The van der Waals surface area contributed by atoms with Crippen LogP contribution < -0.4 is 10.6 Å². The summed E-state index contributed by atoms with van der Waals surface area (Å²) in [4.78, 5) is 11.9. The van der Waals surface area contributed by atoms with Gasteiger partial charge in [-0.2, -0.15) is 0 Å². The van der Waals surface area contributed by atoms with Crippen molar-refractivity contribution < 1.29 is 22.4 Å². The second-order valence-corrected chi connectivity index (χ2v) is 7.38. The molecule has 2 aromatic carbocycles. The van der Waals surface area contributed by atoms with E-state index in [1.54, 1.807) is 26.0 Å². The first kappa shape index (κ1) is 22.5. The molecule has 0 radical (unpaired) electrons. The number of amides is 1. The zero-order valence-corrected chi connectivity index (χ0v) is 17.0. The molecule has 7 heteroatoms. The molecule has 156 valence electrons. The van der Waals surface area contributed by atoms with Crippen molar-refractivity contribution in [2.24, 2.45) is 0 Å². The Kier molecular flexibility index (Phi) is 7.06. The van der Waals surface area contributed by atoms with Gasteiger partial charge in [-0.3, -0.25) is 4.79 Å². The number of rotatable bonds is 6. The fourth-order valence-corrected chi connectivity index (χ4v) is 2.75. The van der Waals surface area contributed by atoms with E-state index in [9.17, 15) is 22.4 Å². The van der Waals surface area contributed by atoms with E-state index < -0.39 is 40.3 Å². The molecule has 1 amide bonds. The van der Waals surface area contributed by atoms with Gasteiger partial charge in [-0.1, -0.05) is 12.1 Å². The first-order chi connectivity index (χ1) is 13.5. The van der Waals surface area contributed by atoms with Crippen LogP contribution in [0.2, 0.25) is 0 Å².